The van der Waals surface area contributed by atoms with Crippen molar-refractivity contribution in [3.8, 4) is 11.8 Å². The molecule has 2 rings (SSSR count). The van der Waals surface area contributed by atoms with Gasteiger partial charge in [-0.2, -0.15) is 0 Å². The summed E-state index contributed by atoms with van der Waals surface area (Å²) >= 11 is 0. The molecule has 1 unspecified atom stereocenters. The summed E-state index contributed by atoms with van der Waals surface area (Å²) in [6.07, 6.45) is 16.7. The maximum atomic E-state index is 12.3. The van der Waals surface area contributed by atoms with E-state index < -0.39 is 12.1 Å². The summed E-state index contributed by atoms with van der Waals surface area (Å²) in [5, 5.41) is 9.71. The molecule has 160 valence electrons. The molecule has 0 radical (unpaired) electrons. The Morgan fingerprint density at radius 3 is 2.79 bits per heavy atom. The van der Waals surface area contributed by atoms with E-state index >= 15 is 0 Å². The molecule has 2 fully saturated rings. The average Bonchev–Trinajstić information content (AvgIpc) is 3.02. The third-order valence-electron chi connectivity index (χ3n) is 6.37. The van der Waals surface area contributed by atoms with Gasteiger partial charge in [-0.15, -0.1) is 11.8 Å². The zero-order valence-corrected chi connectivity index (χ0v) is 18.0. The van der Waals surface area contributed by atoms with E-state index in [1.165, 1.54) is 19.3 Å². The van der Waals surface area contributed by atoms with Crippen LogP contribution >= 0.6 is 0 Å². The first-order valence-electron chi connectivity index (χ1n) is 11.1. The van der Waals surface area contributed by atoms with Gasteiger partial charge < -0.3 is 9.84 Å². The Bertz CT molecular complexity index is 660. The number of esters is 1. The maximum Gasteiger partial charge on any atom is 0.334 e. The molecule has 4 heteroatoms. The zero-order valence-electron chi connectivity index (χ0n) is 18.0. The quantitative estimate of drug-likeness (QED) is 0.308. The van der Waals surface area contributed by atoms with Crippen LogP contribution in [0.2, 0.25) is 0 Å². The van der Waals surface area contributed by atoms with Gasteiger partial charge in [0.05, 0.1) is 6.61 Å². The smallest absolute Gasteiger partial charge is 0.334 e. The lowest BCUT2D eigenvalue weighted by Crippen LogP contribution is -2.28. The standard InChI is InChI=1S/C25H36O4/c1-3-5-16-25(18-10-19-25)17-9-11-20-14-15-22(26)21(20)12-7-6-8-13-23(27)24(28)29-4-2/h6-7,9,11,20-21,23,27H,4,8,10,12-19H2,1-2H3/t20-,21+,23?/m0/s1. The van der Waals surface area contributed by atoms with Gasteiger partial charge in [-0.3, -0.25) is 4.79 Å². The van der Waals surface area contributed by atoms with Crippen molar-refractivity contribution in [3.63, 3.8) is 0 Å². The summed E-state index contributed by atoms with van der Waals surface area (Å²) < 4.78 is 4.79. The van der Waals surface area contributed by atoms with Crippen LogP contribution in [0.15, 0.2) is 24.3 Å². The van der Waals surface area contributed by atoms with E-state index in [1.807, 2.05) is 19.1 Å². The molecule has 0 aliphatic heterocycles. The summed E-state index contributed by atoms with van der Waals surface area (Å²) in [4.78, 5) is 23.7. The van der Waals surface area contributed by atoms with E-state index in [1.54, 1.807) is 6.92 Å². The Kier molecular flexibility index (Phi) is 9.67. The molecule has 2 aliphatic carbocycles. The van der Waals surface area contributed by atoms with Gasteiger partial charge in [-0.25, -0.2) is 4.79 Å². The van der Waals surface area contributed by atoms with Crippen molar-refractivity contribution in [3.05, 3.63) is 24.3 Å². The van der Waals surface area contributed by atoms with E-state index in [9.17, 15) is 14.7 Å². The summed E-state index contributed by atoms with van der Waals surface area (Å²) in [6.45, 7) is 3.90. The molecule has 1 N–H and O–H groups in total. The fourth-order valence-electron chi connectivity index (χ4n) is 4.34. The summed E-state index contributed by atoms with van der Waals surface area (Å²) in [7, 11) is 0. The van der Waals surface area contributed by atoms with Crippen LogP contribution in [-0.2, 0) is 14.3 Å². The zero-order chi connectivity index (χ0) is 21.1. The van der Waals surface area contributed by atoms with Crippen molar-refractivity contribution >= 4 is 11.8 Å². The van der Waals surface area contributed by atoms with Crippen molar-refractivity contribution in [1.29, 1.82) is 0 Å². The normalized spacial score (nSPS) is 24.3. The Morgan fingerprint density at radius 2 is 2.14 bits per heavy atom. The molecule has 2 saturated carbocycles. The first-order valence-corrected chi connectivity index (χ1v) is 11.1. The lowest BCUT2D eigenvalue weighted by atomic mass is 9.64. The number of hydrogen-bond donors (Lipinski definition) is 1. The Morgan fingerprint density at radius 1 is 1.34 bits per heavy atom. The van der Waals surface area contributed by atoms with Gasteiger partial charge in [0.2, 0.25) is 0 Å². The van der Waals surface area contributed by atoms with Crippen LogP contribution in [0.1, 0.15) is 78.1 Å². The van der Waals surface area contributed by atoms with E-state index in [4.69, 9.17) is 4.74 Å². The Labute approximate surface area is 175 Å². The minimum atomic E-state index is -1.07. The highest BCUT2D eigenvalue weighted by molar-refractivity contribution is 5.83. The molecule has 2 aliphatic rings. The van der Waals surface area contributed by atoms with Gasteiger partial charge >= 0.3 is 5.97 Å². The fraction of sp³-hybridized carbons (Fsp3) is 0.680. The predicted molar refractivity (Wildman–Crippen MR) is 115 cm³/mol. The van der Waals surface area contributed by atoms with Gasteiger partial charge in [-0.05, 0) is 70.1 Å². The number of Topliss-reactive ketones (excluding diaryl/α,β-unsaturated/α-hetero) is 1. The highest BCUT2D eigenvalue weighted by Crippen LogP contribution is 2.47. The van der Waals surface area contributed by atoms with Crippen molar-refractivity contribution < 1.29 is 19.4 Å². The lowest BCUT2D eigenvalue weighted by molar-refractivity contribution is -0.153. The minimum Gasteiger partial charge on any atom is -0.464 e. The van der Waals surface area contributed by atoms with Crippen molar-refractivity contribution in [1.82, 2.24) is 0 Å². The van der Waals surface area contributed by atoms with Gasteiger partial charge in [0.1, 0.15) is 5.78 Å². The van der Waals surface area contributed by atoms with Crippen LogP contribution < -0.4 is 0 Å². The van der Waals surface area contributed by atoms with E-state index in [0.29, 0.717) is 36.4 Å². The number of ether oxygens (including phenoxy) is 1. The highest BCUT2D eigenvalue weighted by Gasteiger charge is 2.35. The summed E-state index contributed by atoms with van der Waals surface area (Å²) in [6, 6.07) is 0. The topological polar surface area (TPSA) is 63.6 Å². The largest absolute Gasteiger partial charge is 0.464 e. The lowest BCUT2D eigenvalue weighted by Gasteiger charge is -2.40. The first-order chi connectivity index (χ1) is 14.0. The van der Waals surface area contributed by atoms with Crippen LogP contribution in [0.5, 0.6) is 0 Å². The van der Waals surface area contributed by atoms with Crippen molar-refractivity contribution in [2.24, 2.45) is 17.3 Å². The molecule has 0 saturated heterocycles. The van der Waals surface area contributed by atoms with Gasteiger partial charge in [0.15, 0.2) is 6.10 Å². The Balaban J connectivity index is 1.77. The molecule has 3 atom stereocenters. The number of aliphatic hydroxyl groups excluding tert-OH is 1. The molecule has 0 aromatic rings. The monoisotopic (exact) mass is 400 g/mol. The van der Waals surface area contributed by atoms with Crippen LogP contribution in [0.25, 0.3) is 0 Å². The van der Waals surface area contributed by atoms with Gasteiger partial charge in [-0.1, -0.05) is 30.7 Å². The molecule has 4 nitrogen and oxygen atoms in total. The molecule has 0 heterocycles. The molecular weight excluding hydrogens is 364 g/mol. The van der Waals surface area contributed by atoms with Crippen molar-refractivity contribution in [2.45, 2.75) is 84.2 Å². The van der Waals surface area contributed by atoms with E-state index in [0.717, 1.165) is 25.7 Å². The SMILES string of the molecule is CC#CCC1(CC=C[C@H]2CCC(=O)[C@@H]2CC=CCCC(O)C(=O)OCC)CCC1. The molecule has 0 spiro atoms. The van der Waals surface area contributed by atoms with Crippen LogP contribution in [0.3, 0.4) is 0 Å². The Hall–Kier alpha value is -1.86. The van der Waals surface area contributed by atoms with Crippen LogP contribution in [0.4, 0.5) is 0 Å². The van der Waals surface area contributed by atoms with Gasteiger partial charge in [0.25, 0.3) is 0 Å². The number of carbonyl (C=O) groups excluding carboxylic acids is 2. The second kappa shape index (κ2) is 12.0. The molecular formula is C25H36O4. The van der Waals surface area contributed by atoms with E-state index in [2.05, 4.69) is 24.0 Å². The second-order valence-corrected chi connectivity index (χ2v) is 8.42. The average molecular weight is 401 g/mol. The number of aliphatic hydroxyl groups is 1. The number of rotatable bonds is 11. The summed E-state index contributed by atoms with van der Waals surface area (Å²) in [5.41, 5.74) is 0.372. The second-order valence-electron chi connectivity index (χ2n) is 8.42. The third kappa shape index (κ3) is 7.16. The van der Waals surface area contributed by atoms with Crippen LogP contribution in [-0.4, -0.2) is 29.6 Å². The predicted octanol–water partition coefficient (Wildman–Crippen LogP) is 4.76. The minimum absolute atomic E-state index is 0.0604. The third-order valence-corrected chi connectivity index (χ3v) is 6.37. The molecule has 0 aromatic heterocycles. The summed E-state index contributed by atoms with van der Waals surface area (Å²) in [5.74, 6) is 6.45. The van der Waals surface area contributed by atoms with Gasteiger partial charge in [0, 0.05) is 18.8 Å². The number of allylic oxidation sites excluding steroid dienone is 4. The number of ketones is 1. The molecule has 0 bridgehead atoms. The van der Waals surface area contributed by atoms with Crippen LogP contribution in [0, 0.1) is 29.1 Å². The van der Waals surface area contributed by atoms with E-state index in [-0.39, 0.29) is 12.5 Å². The number of hydrogen-bond acceptors (Lipinski definition) is 4. The van der Waals surface area contributed by atoms with Crippen molar-refractivity contribution in [2.75, 3.05) is 6.61 Å². The highest BCUT2D eigenvalue weighted by atomic mass is 16.5. The number of carbonyl (C=O) groups is 2. The molecule has 0 amide bonds. The molecule has 29 heavy (non-hydrogen) atoms. The maximum absolute atomic E-state index is 12.3. The fourth-order valence-corrected chi connectivity index (χ4v) is 4.34. The molecule has 0 aromatic carbocycles. The first kappa shape index (κ1) is 23.4.